The number of hydrogen-bond donors (Lipinski definition) is 1. The SMILES string of the molecule is c1cc(-c2cncs2)nc(N2CCNCC2)c1. The molecule has 1 fully saturated rings. The number of nitrogens with zero attached hydrogens (tertiary/aromatic N) is 3. The first-order valence-corrected chi connectivity index (χ1v) is 6.63. The van der Waals surface area contributed by atoms with Crippen LogP contribution in [0.25, 0.3) is 10.6 Å². The Kier molecular flexibility index (Phi) is 3.02. The van der Waals surface area contributed by atoms with Gasteiger partial charge in [0.1, 0.15) is 5.82 Å². The molecule has 0 unspecified atom stereocenters. The van der Waals surface area contributed by atoms with Crippen LogP contribution in [-0.2, 0) is 0 Å². The van der Waals surface area contributed by atoms with E-state index in [-0.39, 0.29) is 0 Å². The van der Waals surface area contributed by atoms with Crippen molar-refractivity contribution >= 4 is 17.2 Å². The molecule has 3 rings (SSSR count). The number of anilines is 1. The van der Waals surface area contributed by atoms with E-state index in [1.165, 1.54) is 0 Å². The largest absolute Gasteiger partial charge is 0.354 e. The third-order valence-corrected chi connectivity index (χ3v) is 3.66. The topological polar surface area (TPSA) is 41.1 Å². The molecule has 1 aliphatic rings. The Bertz CT molecular complexity index is 477. The molecular formula is C12H14N4S. The fourth-order valence-electron chi connectivity index (χ4n) is 1.97. The van der Waals surface area contributed by atoms with Crippen LogP contribution in [0.1, 0.15) is 0 Å². The summed E-state index contributed by atoms with van der Waals surface area (Å²) in [6.45, 7) is 4.12. The number of nitrogens with one attached hydrogen (secondary N) is 1. The lowest BCUT2D eigenvalue weighted by molar-refractivity contribution is 0.585. The molecule has 17 heavy (non-hydrogen) atoms. The Morgan fingerprint density at radius 2 is 2.12 bits per heavy atom. The van der Waals surface area contributed by atoms with Crippen molar-refractivity contribution in [3.8, 4) is 10.6 Å². The van der Waals surface area contributed by atoms with Crippen molar-refractivity contribution in [1.82, 2.24) is 15.3 Å². The van der Waals surface area contributed by atoms with Crippen LogP contribution in [0.3, 0.4) is 0 Å². The molecule has 5 heteroatoms. The van der Waals surface area contributed by atoms with Crippen LogP contribution in [-0.4, -0.2) is 36.1 Å². The van der Waals surface area contributed by atoms with Crippen molar-refractivity contribution in [1.29, 1.82) is 0 Å². The highest BCUT2D eigenvalue weighted by molar-refractivity contribution is 7.13. The molecule has 0 amide bonds. The maximum absolute atomic E-state index is 4.71. The summed E-state index contributed by atoms with van der Waals surface area (Å²) < 4.78 is 0. The predicted octanol–water partition coefficient (Wildman–Crippen LogP) is 1.61. The van der Waals surface area contributed by atoms with E-state index >= 15 is 0 Å². The van der Waals surface area contributed by atoms with Crippen LogP contribution < -0.4 is 10.2 Å². The minimum absolute atomic E-state index is 1.02. The molecule has 1 aliphatic heterocycles. The molecule has 0 aromatic carbocycles. The van der Waals surface area contributed by atoms with E-state index in [9.17, 15) is 0 Å². The van der Waals surface area contributed by atoms with Gasteiger partial charge in [-0.15, -0.1) is 11.3 Å². The first-order chi connectivity index (χ1) is 8.43. The van der Waals surface area contributed by atoms with Crippen molar-refractivity contribution in [2.24, 2.45) is 0 Å². The number of pyridine rings is 1. The van der Waals surface area contributed by atoms with Gasteiger partial charge in [0.15, 0.2) is 0 Å². The maximum atomic E-state index is 4.71. The molecule has 1 saturated heterocycles. The number of aromatic nitrogens is 2. The second-order valence-electron chi connectivity index (χ2n) is 3.98. The summed E-state index contributed by atoms with van der Waals surface area (Å²) in [5.41, 5.74) is 2.86. The standard InChI is InChI=1S/C12H14N4S/c1-2-10(11-8-14-9-17-11)15-12(3-1)16-6-4-13-5-7-16/h1-3,8-9,13H,4-7H2. The highest BCUT2D eigenvalue weighted by Crippen LogP contribution is 2.23. The van der Waals surface area contributed by atoms with Gasteiger partial charge < -0.3 is 10.2 Å². The first kappa shape index (κ1) is 10.7. The monoisotopic (exact) mass is 246 g/mol. The second-order valence-corrected chi connectivity index (χ2v) is 4.87. The lowest BCUT2D eigenvalue weighted by Crippen LogP contribution is -2.43. The lowest BCUT2D eigenvalue weighted by Gasteiger charge is -2.28. The zero-order valence-corrected chi connectivity index (χ0v) is 10.3. The minimum atomic E-state index is 1.02. The number of piperazine rings is 1. The van der Waals surface area contributed by atoms with E-state index in [4.69, 9.17) is 4.98 Å². The summed E-state index contributed by atoms with van der Waals surface area (Å²) in [5, 5.41) is 3.35. The van der Waals surface area contributed by atoms with Gasteiger partial charge >= 0.3 is 0 Å². The number of thiazole rings is 1. The number of rotatable bonds is 2. The summed E-state index contributed by atoms with van der Waals surface area (Å²) in [4.78, 5) is 12.3. The van der Waals surface area contributed by atoms with E-state index in [0.29, 0.717) is 0 Å². The fraction of sp³-hybridized carbons (Fsp3) is 0.333. The van der Waals surface area contributed by atoms with Gasteiger partial charge in [0.05, 0.1) is 16.1 Å². The molecule has 3 heterocycles. The molecule has 4 nitrogen and oxygen atoms in total. The molecule has 0 saturated carbocycles. The Morgan fingerprint density at radius 1 is 1.24 bits per heavy atom. The maximum Gasteiger partial charge on any atom is 0.129 e. The minimum Gasteiger partial charge on any atom is -0.354 e. The van der Waals surface area contributed by atoms with Crippen LogP contribution in [0.15, 0.2) is 29.9 Å². The van der Waals surface area contributed by atoms with Gasteiger partial charge in [-0.2, -0.15) is 0 Å². The molecule has 0 bridgehead atoms. The summed E-state index contributed by atoms with van der Waals surface area (Å²) in [6, 6.07) is 6.19. The van der Waals surface area contributed by atoms with Gasteiger partial charge in [0.25, 0.3) is 0 Å². The predicted molar refractivity (Wildman–Crippen MR) is 70.4 cm³/mol. The Balaban J connectivity index is 1.88. The van der Waals surface area contributed by atoms with Crippen LogP contribution in [0.5, 0.6) is 0 Å². The third kappa shape index (κ3) is 2.30. The highest BCUT2D eigenvalue weighted by Gasteiger charge is 2.12. The molecule has 0 radical (unpaired) electrons. The molecular weight excluding hydrogens is 232 g/mol. The summed E-state index contributed by atoms with van der Waals surface area (Å²) in [5.74, 6) is 1.07. The van der Waals surface area contributed by atoms with Crippen molar-refractivity contribution in [2.45, 2.75) is 0 Å². The van der Waals surface area contributed by atoms with E-state index in [1.807, 2.05) is 17.8 Å². The third-order valence-electron chi connectivity index (χ3n) is 2.86. The van der Waals surface area contributed by atoms with E-state index < -0.39 is 0 Å². The summed E-state index contributed by atoms with van der Waals surface area (Å²) >= 11 is 1.63. The smallest absolute Gasteiger partial charge is 0.129 e. The van der Waals surface area contributed by atoms with E-state index in [2.05, 4.69) is 27.3 Å². The number of hydrogen-bond acceptors (Lipinski definition) is 5. The summed E-state index contributed by atoms with van der Waals surface area (Å²) in [6.07, 6.45) is 1.87. The Hall–Kier alpha value is -1.46. The molecule has 0 spiro atoms. The van der Waals surface area contributed by atoms with Crippen molar-refractivity contribution in [2.75, 3.05) is 31.1 Å². The normalized spacial score (nSPS) is 16.1. The molecule has 2 aromatic rings. The molecule has 1 N–H and O–H groups in total. The van der Waals surface area contributed by atoms with Crippen LogP contribution in [0, 0.1) is 0 Å². The van der Waals surface area contributed by atoms with Crippen molar-refractivity contribution < 1.29 is 0 Å². The van der Waals surface area contributed by atoms with Crippen molar-refractivity contribution in [3.05, 3.63) is 29.9 Å². The van der Waals surface area contributed by atoms with Gasteiger partial charge in [0, 0.05) is 32.4 Å². The van der Waals surface area contributed by atoms with Gasteiger partial charge in [0.2, 0.25) is 0 Å². The van der Waals surface area contributed by atoms with Gasteiger partial charge in [-0.05, 0) is 12.1 Å². The molecule has 0 aliphatic carbocycles. The van der Waals surface area contributed by atoms with Crippen LogP contribution in [0.4, 0.5) is 5.82 Å². The summed E-state index contributed by atoms with van der Waals surface area (Å²) in [7, 11) is 0. The Morgan fingerprint density at radius 3 is 2.88 bits per heavy atom. The van der Waals surface area contributed by atoms with Gasteiger partial charge in [-0.3, -0.25) is 4.98 Å². The highest BCUT2D eigenvalue weighted by atomic mass is 32.1. The fourth-order valence-corrected chi connectivity index (χ4v) is 2.56. The van der Waals surface area contributed by atoms with E-state index in [0.717, 1.165) is 42.6 Å². The molecule has 0 atom stereocenters. The quantitative estimate of drug-likeness (QED) is 0.874. The van der Waals surface area contributed by atoms with Gasteiger partial charge in [-0.1, -0.05) is 6.07 Å². The first-order valence-electron chi connectivity index (χ1n) is 5.75. The Labute approximate surface area is 104 Å². The molecule has 2 aromatic heterocycles. The lowest BCUT2D eigenvalue weighted by atomic mass is 10.3. The van der Waals surface area contributed by atoms with Gasteiger partial charge in [-0.25, -0.2) is 4.98 Å². The van der Waals surface area contributed by atoms with Crippen LogP contribution in [0.2, 0.25) is 0 Å². The average molecular weight is 246 g/mol. The molecule has 88 valence electrons. The van der Waals surface area contributed by atoms with Crippen molar-refractivity contribution in [3.63, 3.8) is 0 Å². The zero-order chi connectivity index (χ0) is 11.5. The van der Waals surface area contributed by atoms with Crippen LogP contribution >= 0.6 is 11.3 Å². The zero-order valence-electron chi connectivity index (χ0n) is 9.47. The average Bonchev–Trinajstić information content (AvgIpc) is 2.94. The second kappa shape index (κ2) is 4.81. The van der Waals surface area contributed by atoms with E-state index in [1.54, 1.807) is 11.3 Å².